The highest BCUT2D eigenvalue weighted by molar-refractivity contribution is 6.33. The Morgan fingerprint density at radius 3 is 2.70 bits per heavy atom. The highest BCUT2D eigenvalue weighted by Crippen LogP contribution is 2.39. The summed E-state index contributed by atoms with van der Waals surface area (Å²) in [5, 5.41) is 12.0. The molecule has 4 nitrogen and oxygen atoms in total. The van der Waals surface area contributed by atoms with Crippen molar-refractivity contribution in [3.8, 4) is 11.1 Å². The number of carbonyl (C=O) groups is 1. The number of hydrogen-bond donors (Lipinski definition) is 1. The van der Waals surface area contributed by atoms with Crippen LogP contribution < -0.4 is 0 Å². The predicted molar refractivity (Wildman–Crippen MR) is 122 cm³/mol. The molecule has 2 aromatic carbocycles. The Balaban J connectivity index is 1.87. The van der Waals surface area contributed by atoms with Crippen molar-refractivity contribution in [2.75, 3.05) is 13.1 Å². The van der Waals surface area contributed by atoms with Gasteiger partial charge in [0, 0.05) is 29.6 Å². The minimum absolute atomic E-state index is 0.0714. The number of amides is 1. The first kappa shape index (κ1) is 22.6. The van der Waals surface area contributed by atoms with Gasteiger partial charge in [-0.25, -0.2) is 4.79 Å². The van der Waals surface area contributed by atoms with Crippen LogP contribution in [-0.4, -0.2) is 34.8 Å². The lowest BCUT2D eigenvalue weighted by Gasteiger charge is -2.36. The van der Waals surface area contributed by atoms with Gasteiger partial charge in [0.15, 0.2) is 0 Å². The van der Waals surface area contributed by atoms with Gasteiger partial charge in [0.25, 0.3) is 0 Å². The monoisotopic (exact) mass is 429 g/mol. The molecule has 1 saturated heterocycles. The minimum Gasteiger partial charge on any atom is -0.444 e. The van der Waals surface area contributed by atoms with Crippen LogP contribution in [-0.2, 0) is 11.2 Å². The van der Waals surface area contributed by atoms with E-state index in [-0.39, 0.29) is 12.0 Å². The first-order valence-electron chi connectivity index (χ1n) is 10.7. The van der Waals surface area contributed by atoms with Crippen LogP contribution in [0.5, 0.6) is 0 Å². The number of halogens is 1. The Morgan fingerprint density at radius 2 is 2.00 bits per heavy atom. The number of aliphatic hydroxyl groups excluding tert-OH is 1. The molecule has 0 spiro atoms. The molecule has 0 aliphatic carbocycles. The lowest BCUT2D eigenvalue weighted by molar-refractivity contribution is 0.00248. The van der Waals surface area contributed by atoms with Gasteiger partial charge in [-0.1, -0.05) is 54.9 Å². The number of aryl methyl sites for hydroxylation is 1. The van der Waals surface area contributed by atoms with E-state index < -0.39 is 11.7 Å². The van der Waals surface area contributed by atoms with Crippen molar-refractivity contribution in [1.29, 1.82) is 0 Å². The molecule has 2 atom stereocenters. The summed E-state index contributed by atoms with van der Waals surface area (Å²) in [6.07, 6.45) is 1.59. The maximum atomic E-state index is 12.5. The number of nitrogens with zero attached hydrogens (tertiary/aromatic N) is 1. The third-order valence-corrected chi connectivity index (χ3v) is 5.86. The molecule has 5 heteroatoms. The van der Waals surface area contributed by atoms with Crippen LogP contribution in [0.25, 0.3) is 11.1 Å². The van der Waals surface area contributed by atoms with Gasteiger partial charge in [0.2, 0.25) is 0 Å². The summed E-state index contributed by atoms with van der Waals surface area (Å²) in [4.78, 5) is 14.2. The number of aliphatic hydroxyl groups is 1. The normalized spacial score (nSPS) is 18.2. The molecule has 1 amide bonds. The van der Waals surface area contributed by atoms with Gasteiger partial charge < -0.3 is 14.7 Å². The van der Waals surface area contributed by atoms with E-state index in [1.165, 1.54) is 5.56 Å². The SMILES string of the molecule is CCc1cccc(-c2c(Cl)cccc2[C@H](O)C2CCCN(C(=O)OC(C)(C)C)C2)c1. The molecule has 1 fully saturated rings. The molecule has 0 aromatic heterocycles. The van der Waals surface area contributed by atoms with Crippen LogP contribution in [0.3, 0.4) is 0 Å². The molecule has 1 heterocycles. The maximum absolute atomic E-state index is 12.5. The third-order valence-electron chi connectivity index (χ3n) is 5.54. The Morgan fingerprint density at radius 1 is 1.27 bits per heavy atom. The van der Waals surface area contributed by atoms with E-state index in [0.29, 0.717) is 18.1 Å². The second kappa shape index (κ2) is 9.40. The molecule has 162 valence electrons. The quantitative estimate of drug-likeness (QED) is 0.624. The second-order valence-corrected chi connectivity index (χ2v) is 9.44. The zero-order chi connectivity index (χ0) is 21.9. The van der Waals surface area contributed by atoms with Crippen LogP contribution in [0.15, 0.2) is 42.5 Å². The van der Waals surface area contributed by atoms with Crippen LogP contribution in [0.2, 0.25) is 5.02 Å². The molecule has 1 unspecified atom stereocenters. The Hall–Kier alpha value is -2.04. The molecule has 3 rings (SSSR count). The van der Waals surface area contributed by atoms with Crippen molar-refractivity contribution < 1.29 is 14.6 Å². The highest BCUT2D eigenvalue weighted by Gasteiger charge is 2.32. The van der Waals surface area contributed by atoms with Gasteiger partial charge in [-0.2, -0.15) is 0 Å². The van der Waals surface area contributed by atoms with E-state index >= 15 is 0 Å². The fraction of sp³-hybridized carbons (Fsp3) is 0.480. The topological polar surface area (TPSA) is 49.8 Å². The number of rotatable bonds is 4. The van der Waals surface area contributed by atoms with E-state index in [9.17, 15) is 9.90 Å². The van der Waals surface area contributed by atoms with Crippen LogP contribution in [0.4, 0.5) is 4.79 Å². The van der Waals surface area contributed by atoms with Crippen molar-refractivity contribution >= 4 is 17.7 Å². The van der Waals surface area contributed by atoms with Crippen LogP contribution in [0.1, 0.15) is 57.8 Å². The smallest absolute Gasteiger partial charge is 0.410 e. The molecule has 1 aliphatic rings. The number of ether oxygens (including phenoxy) is 1. The van der Waals surface area contributed by atoms with Crippen LogP contribution in [0, 0.1) is 5.92 Å². The van der Waals surface area contributed by atoms with Gasteiger partial charge in [-0.3, -0.25) is 0 Å². The number of benzene rings is 2. The predicted octanol–water partition coefficient (Wildman–Crippen LogP) is 6.25. The van der Waals surface area contributed by atoms with Crippen molar-refractivity contribution in [3.63, 3.8) is 0 Å². The average Bonchev–Trinajstić information content (AvgIpc) is 2.72. The standard InChI is InChI=1S/C25H32ClNO3/c1-5-17-9-6-10-18(15-17)22-20(12-7-13-21(22)26)23(28)19-11-8-14-27(16-19)24(29)30-25(2,3)4/h6-7,9-10,12-13,15,19,23,28H,5,8,11,14,16H2,1-4H3/t19?,23-/m1/s1. The van der Waals surface area contributed by atoms with Crippen molar-refractivity contribution in [2.45, 2.75) is 58.7 Å². The summed E-state index contributed by atoms with van der Waals surface area (Å²) in [6, 6.07) is 14.0. The maximum Gasteiger partial charge on any atom is 0.410 e. The first-order chi connectivity index (χ1) is 14.2. The van der Waals surface area contributed by atoms with E-state index in [4.69, 9.17) is 16.3 Å². The van der Waals surface area contributed by atoms with E-state index in [0.717, 1.165) is 36.0 Å². The summed E-state index contributed by atoms with van der Waals surface area (Å²) >= 11 is 6.60. The molecule has 0 saturated carbocycles. The second-order valence-electron chi connectivity index (χ2n) is 9.03. The lowest BCUT2D eigenvalue weighted by Crippen LogP contribution is -2.44. The molecule has 0 bridgehead atoms. The van der Waals surface area contributed by atoms with Gasteiger partial charge >= 0.3 is 6.09 Å². The number of piperidine rings is 1. The minimum atomic E-state index is -0.714. The first-order valence-corrected chi connectivity index (χ1v) is 11.1. The van der Waals surface area contributed by atoms with Crippen molar-refractivity contribution in [1.82, 2.24) is 4.90 Å². The van der Waals surface area contributed by atoms with Crippen LogP contribution >= 0.6 is 11.6 Å². The molecule has 1 aliphatic heterocycles. The average molecular weight is 430 g/mol. The summed E-state index contributed by atoms with van der Waals surface area (Å²) in [7, 11) is 0. The molecule has 2 aromatic rings. The largest absolute Gasteiger partial charge is 0.444 e. The molecule has 30 heavy (non-hydrogen) atoms. The van der Waals surface area contributed by atoms with Gasteiger partial charge in [0.1, 0.15) is 5.60 Å². The summed E-state index contributed by atoms with van der Waals surface area (Å²) in [5.74, 6) is -0.0714. The van der Waals surface area contributed by atoms with Crippen molar-refractivity contribution in [2.24, 2.45) is 5.92 Å². The zero-order valence-electron chi connectivity index (χ0n) is 18.3. The van der Waals surface area contributed by atoms with Gasteiger partial charge in [-0.15, -0.1) is 0 Å². The lowest BCUT2D eigenvalue weighted by atomic mass is 9.85. The summed E-state index contributed by atoms with van der Waals surface area (Å²) in [5.41, 5.74) is 3.38. The Kier molecular flexibility index (Phi) is 7.10. The molecule has 0 radical (unpaired) electrons. The number of likely N-dealkylation sites (tertiary alicyclic amines) is 1. The van der Waals surface area contributed by atoms with Gasteiger partial charge in [-0.05, 0) is 62.8 Å². The molecular formula is C25H32ClNO3. The van der Waals surface area contributed by atoms with E-state index in [1.807, 2.05) is 51.1 Å². The van der Waals surface area contributed by atoms with Gasteiger partial charge in [0.05, 0.1) is 6.10 Å². The fourth-order valence-electron chi connectivity index (χ4n) is 4.05. The highest BCUT2D eigenvalue weighted by atomic mass is 35.5. The third kappa shape index (κ3) is 5.35. The number of hydrogen-bond acceptors (Lipinski definition) is 3. The Labute approximate surface area is 184 Å². The number of carbonyl (C=O) groups excluding carboxylic acids is 1. The fourth-order valence-corrected chi connectivity index (χ4v) is 4.34. The summed E-state index contributed by atoms with van der Waals surface area (Å²) < 4.78 is 5.53. The molecule has 1 N–H and O–H groups in total. The van der Waals surface area contributed by atoms with E-state index in [1.54, 1.807) is 4.90 Å². The Bertz CT molecular complexity index is 890. The van der Waals surface area contributed by atoms with Crippen molar-refractivity contribution in [3.05, 3.63) is 58.6 Å². The molecular weight excluding hydrogens is 398 g/mol. The zero-order valence-corrected chi connectivity index (χ0v) is 19.1. The van der Waals surface area contributed by atoms with E-state index in [2.05, 4.69) is 19.1 Å². The summed E-state index contributed by atoms with van der Waals surface area (Å²) in [6.45, 7) is 8.84.